The van der Waals surface area contributed by atoms with Crippen molar-refractivity contribution in [2.24, 2.45) is 0 Å². The zero-order valence-corrected chi connectivity index (χ0v) is 18.3. The number of hydrogen-bond donors (Lipinski definition) is 2. The van der Waals surface area contributed by atoms with E-state index >= 15 is 0 Å². The second-order valence-electron chi connectivity index (χ2n) is 8.55. The molecular weight excluding hydrogens is 374 g/mol. The highest BCUT2D eigenvalue weighted by Gasteiger charge is 2.20. The van der Waals surface area contributed by atoms with Crippen LogP contribution in [-0.2, 0) is 12.0 Å². The summed E-state index contributed by atoms with van der Waals surface area (Å²) in [5.41, 5.74) is 5.49. The van der Waals surface area contributed by atoms with Crippen molar-refractivity contribution in [1.29, 1.82) is 0 Å². The number of nitrogens with one attached hydrogen (secondary N) is 1. The molecule has 5 nitrogen and oxygen atoms in total. The van der Waals surface area contributed by atoms with E-state index in [1.807, 2.05) is 30.3 Å². The predicted octanol–water partition coefficient (Wildman–Crippen LogP) is 6.53. The third kappa shape index (κ3) is 5.29. The number of anilines is 1. The van der Waals surface area contributed by atoms with Crippen molar-refractivity contribution in [3.8, 4) is 0 Å². The molecule has 0 fully saturated rings. The van der Waals surface area contributed by atoms with Crippen molar-refractivity contribution in [2.75, 3.05) is 5.32 Å². The number of imidazole rings is 1. The number of aryl methyl sites for hydroxylation is 1. The van der Waals surface area contributed by atoms with Gasteiger partial charge in [0.05, 0.1) is 11.0 Å². The van der Waals surface area contributed by atoms with Crippen LogP contribution in [0, 0.1) is 6.92 Å². The number of fused-ring (bicyclic) bond motifs is 1. The molecule has 0 spiro atoms. The molecule has 0 aliphatic rings. The summed E-state index contributed by atoms with van der Waals surface area (Å²) in [4.78, 5) is 15.4. The molecule has 0 bridgehead atoms. The standard InChI is InChI=1S/C25H31N3O2/c1-18(15-17-28-19(2)26-22-9-5-6-10-23(22)28)8-7-16-25(3,4)20-11-13-21(14-12-20)27-24(29)30/h5-6,9-15,27H,7-8,16-17H2,1-4H3,(H,29,30)/b18-15+. The summed E-state index contributed by atoms with van der Waals surface area (Å²) in [6.45, 7) is 9.59. The van der Waals surface area contributed by atoms with Crippen molar-refractivity contribution >= 4 is 22.8 Å². The molecule has 1 amide bonds. The lowest BCUT2D eigenvalue weighted by Gasteiger charge is -2.25. The van der Waals surface area contributed by atoms with E-state index in [1.165, 1.54) is 16.7 Å². The molecule has 3 rings (SSSR count). The van der Waals surface area contributed by atoms with Crippen LogP contribution in [0.5, 0.6) is 0 Å². The van der Waals surface area contributed by atoms with Crippen molar-refractivity contribution in [3.63, 3.8) is 0 Å². The number of allylic oxidation sites excluding steroid dienone is 2. The fraction of sp³-hybridized carbons (Fsp3) is 0.360. The second-order valence-corrected chi connectivity index (χ2v) is 8.55. The molecule has 0 radical (unpaired) electrons. The number of rotatable bonds is 8. The van der Waals surface area contributed by atoms with Crippen molar-refractivity contribution in [1.82, 2.24) is 9.55 Å². The van der Waals surface area contributed by atoms with Gasteiger partial charge >= 0.3 is 6.09 Å². The maximum Gasteiger partial charge on any atom is 0.409 e. The van der Waals surface area contributed by atoms with Crippen LogP contribution in [0.25, 0.3) is 11.0 Å². The average Bonchev–Trinajstić information content (AvgIpc) is 3.01. The van der Waals surface area contributed by atoms with Crippen LogP contribution in [0.2, 0.25) is 0 Å². The van der Waals surface area contributed by atoms with Crippen molar-refractivity contribution < 1.29 is 9.90 Å². The number of nitrogens with zero attached hydrogens (tertiary/aromatic N) is 2. The predicted molar refractivity (Wildman–Crippen MR) is 123 cm³/mol. The minimum absolute atomic E-state index is 0.0408. The van der Waals surface area contributed by atoms with E-state index in [9.17, 15) is 4.79 Å². The van der Waals surface area contributed by atoms with Crippen molar-refractivity contribution in [2.45, 2.75) is 58.9 Å². The molecule has 2 N–H and O–H groups in total. The molecule has 0 atom stereocenters. The first kappa shape index (κ1) is 21.6. The molecule has 1 heterocycles. The molecule has 0 aliphatic heterocycles. The average molecular weight is 406 g/mol. The third-order valence-corrected chi connectivity index (χ3v) is 5.76. The van der Waals surface area contributed by atoms with Crippen LogP contribution in [0.1, 0.15) is 51.4 Å². The van der Waals surface area contributed by atoms with Crippen LogP contribution < -0.4 is 5.32 Å². The first-order valence-electron chi connectivity index (χ1n) is 10.4. The van der Waals surface area contributed by atoms with Crippen molar-refractivity contribution in [3.05, 3.63) is 71.6 Å². The highest BCUT2D eigenvalue weighted by molar-refractivity contribution is 5.82. The zero-order chi connectivity index (χ0) is 21.7. The molecule has 0 aliphatic carbocycles. The first-order valence-corrected chi connectivity index (χ1v) is 10.4. The Kier molecular flexibility index (Phi) is 6.60. The van der Waals surface area contributed by atoms with Crippen LogP contribution in [0.3, 0.4) is 0 Å². The largest absolute Gasteiger partial charge is 0.465 e. The van der Waals surface area contributed by atoms with Crippen LogP contribution >= 0.6 is 0 Å². The minimum Gasteiger partial charge on any atom is -0.465 e. The number of hydrogen-bond acceptors (Lipinski definition) is 2. The van der Waals surface area contributed by atoms with E-state index in [1.54, 1.807) is 0 Å². The van der Waals surface area contributed by atoms with Gasteiger partial charge in [-0.25, -0.2) is 9.78 Å². The van der Waals surface area contributed by atoms with Gasteiger partial charge in [0.25, 0.3) is 0 Å². The lowest BCUT2D eigenvalue weighted by atomic mass is 9.80. The number of carboxylic acid groups (broad SMARTS) is 1. The first-order chi connectivity index (χ1) is 14.3. The summed E-state index contributed by atoms with van der Waals surface area (Å²) in [5, 5.41) is 11.2. The van der Waals surface area contributed by atoms with E-state index < -0.39 is 6.09 Å². The van der Waals surface area contributed by atoms with Gasteiger partial charge in [0, 0.05) is 12.2 Å². The van der Waals surface area contributed by atoms with Gasteiger partial charge in [0.2, 0.25) is 0 Å². The molecule has 5 heteroatoms. The van der Waals surface area contributed by atoms with Gasteiger partial charge < -0.3 is 9.67 Å². The normalized spacial score (nSPS) is 12.3. The van der Waals surface area contributed by atoms with E-state index in [0.29, 0.717) is 5.69 Å². The van der Waals surface area contributed by atoms with Gasteiger partial charge in [0.1, 0.15) is 5.82 Å². The smallest absolute Gasteiger partial charge is 0.409 e. The topological polar surface area (TPSA) is 67.2 Å². The summed E-state index contributed by atoms with van der Waals surface area (Å²) in [6, 6.07) is 15.9. The van der Waals surface area contributed by atoms with Gasteiger partial charge in [-0.3, -0.25) is 5.32 Å². The Morgan fingerprint density at radius 2 is 1.87 bits per heavy atom. The summed E-state index contributed by atoms with van der Waals surface area (Å²) < 4.78 is 2.26. The maximum absolute atomic E-state index is 10.7. The van der Waals surface area contributed by atoms with E-state index in [0.717, 1.165) is 37.1 Å². The Hall–Kier alpha value is -3.08. The van der Waals surface area contributed by atoms with E-state index in [2.05, 4.69) is 66.8 Å². The van der Waals surface area contributed by atoms with Crippen LogP contribution in [0.15, 0.2) is 60.2 Å². The zero-order valence-electron chi connectivity index (χ0n) is 18.3. The number of carbonyl (C=O) groups is 1. The Morgan fingerprint density at radius 3 is 2.57 bits per heavy atom. The number of para-hydroxylation sites is 2. The third-order valence-electron chi connectivity index (χ3n) is 5.76. The molecular formula is C25H31N3O2. The van der Waals surface area contributed by atoms with Gasteiger partial charge in [-0.2, -0.15) is 0 Å². The fourth-order valence-corrected chi connectivity index (χ4v) is 3.86. The Balaban J connectivity index is 1.55. The van der Waals surface area contributed by atoms with E-state index in [4.69, 9.17) is 5.11 Å². The fourth-order valence-electron chi connectivity index (χ4n) is 3.86. The Bertz CT molecular complexity index is 1050. The Labute approximate surface area is 178 Å². The SMILES string of the molecule is C/C(=C\Cn1c(C)nc2ccccc21)CCCC(C)(C)c1ccc(NC(=O)O)cc1. The van der Waals surface area contributed by atoms with Crippen LogP contribution in [0.4, 0.5) is 10.5 Å². The highest BCUT2D eigenvalue weighted by atomic mass is 16.4. The summed E-state index contributed by atoms with van der Waals surface area (Å²) in [6.07, 6.45) is 4.50. The molecule has 30 heavy (non-hydrogen) atoms. The molecule has 158 valence electrons. The quantitative estimate of drug-likeness (QED) is 0.419. The summed E-state index contributed by atoms with van der Waals surface area (Å²) in [7, 11) is 0. The summed E-state index contributed by atoms with van der Waals surface area (Å²) >= 11 is 0. The number of benzene rings is 2. The van der Waals surface area contributed by atoms with E-state index in [-0.39, 0.29) is 5.41 Å². The van der Waals surface area contributed by atoms with Gasteiger partial charge in [-0.05, 0) is 68.4 Å². The second kappa shape index (κ2) is 9.16. The lowest BCUT2D eigenvalue weighted by Crippen LogP contribution is -2.17. The molecule has 0 saturated carbocycles. The van der Waals surface area contributed by atoms with Gasteiger partial charge in [-0.1, -0.05) is 49.8 Å². The molecule has 0 unspecified atom stereocenters. The highest BCUT2D eigenvalue weighted by Crippen LogP contribution is 2.30. The van der Waals surface area contributed by atoms with Gasteiger partial charge in [0.15, 0.2) is 0 Å². The van der Waals surface area contributed by atoms with Crippen LogP contribution in [-0.4, -0.2) is 20.8 Å². The molecule has 2 aromatic carbocycles. The maximum atomic E-state index is 10.7. The molecule has 0 saturated heterocycles. The monoisotopic (exact) mass is 405 g/mol. The molecule has 1 aromatic heterocycles. The van der Waals surface area contributed by atoms with Gasteiger partial charge in [-0.15, -0.1) is 0 Å². The summed E-state index contributed by atoms with van der Waals surface area (Å²) in [5.74, 6) is 1.04. The lowest BCUT2D eigenvalue weighted by molar-refractivity contribution is 0.210. The molecule has 3 aromatic rings. The Morgan fingerprint density at radius 1 is 1.17 bits per heavy atom. The number of amides is 1. The number of aromatic nitrogens is 2. The minimum atomic E-state index is -1.04.